The SMILES string of the molecule is CCCC.C[C-]=O.Cc1[c-]cc(Nc2nc(N3CC(C)C(C)(F)C(CCN(C)C)C3)ncc2C#N)cc1.[CH2-]C[P+](C)(C)O.[K+]. The monoisotopic (exact) mass is 655 g/mol. The average Bonchev–Trinajstić information content (AvgIpc) is 2.95. The van der Waals surface area contributed by atoms with Crippen LogP contribution in [0.15, 0.2) is 24.4 Å². The van der Waals surface area contributed by atoms with Crippen molar-refractivity contribution in [3.8, 4) is 6.07 Å². The number of aryl methyl sites for hydroxylation is 1. The number of unbranched alkanes of at least 4 members (excludes halogenated alkanes) is 1. The molecule has 44 heavy (non-hydrogen) atoms. The van der Waals surface area contributed by atoms with E-state index in [1.807, 2.05) is 64.4 Å². The molecule has 0 aliphatic carbocycles. The molecule has 1 aromatic heterocycles. The van der Waals surface area contributed by atoms with Gasteiger partial charge in [-0.25, -0.2) is 9.37 Å². The van der Waals surface area contributed by atoms with E-state index < -0.39 is 13.2 Å². The smallest absolute Gasteiger partial charge is 0.542 e. The normalized spacial score (nSPS) is 19.0. The van der Waals surface area contributed by atoms with Crippen molar-refractivity contribution in [2.24, 2.45) is 11.8 Å². The molecule has 11 heteroatoms. The van der Waals surface area contributed by atoms with Gasteiger partial charge in [0.05, 0.1) is 19.5 Å². The van der Waals surface area contributed by atoms with Crippen LogP contribution >= 0.6 is 7.49 Å². The molecule has 3 unspecified atom stereocenters. The predicted molar refractivity (Wildman–Crippen MR) is 181 cm³/mol. The van der Waals surface area contributed by atoms with Crippen LogP contribution in [0.4, 0.5) is 21.8 Å². The zero-order chi connectivity index (χ0) is 33.2. The zero-order valence-corrected chi connectivity index (χ0v) is 33.1. The summed E-state index contributed by atoms with van der Waals surface area (Å²) in [5.74, 6) is 0.697. The molecule has 3 rings (SSSR count). The Kier molecular flexibility index (Phi) is 23.9. The third-order valence-electron chi connectivity index (χ3n) is 7.08. The molecular formula is C33H54FKN6O2P-. The van der Waals surface area contributed by atoms with Gasteiger partial charge in [-0.15, -0.1) is 6.07 Å². The summed E-state index contributed by atoms with van der Waals surface area (Å²) in [6.07, 6.45) is 7.12. The summed E-state index contributed by atoms with van der Waals surface area (Å²) in [6, 6.07) is 11.0. The van der Waals surface area contributed by atoms with Gasteiger partial charge in [-0.05, 0) is 40.1 Å². The van der Waals surface area contributed by atoms with Gasteiger partial charge in [-0.1, -0.05) is 46.2 Å². The van der Waals surface area contributed by atoms with Gasteiger partial charge in [0, 0.05) is 24.9 Å². The molecule has 1 fully saturated rings. The first-order chi connectivity index (χ1) is 20.1. The van der Waals surface area contributed by atoms with Crippen molar-refractivity contribution in [1.82, 2.24) is 14.9 Å². The van der Waals surface area contributed by atoms with Crippen LogP contribution in [0.5, 0.6) is 0 Å². The van der Waals surface area contributed by atoms with E-state index in [-0.39, 0.29) is 63.2 Å². The van der Waals surface area contributed by atoms with E-state index in [4.69, 9.17) is 9.69 Å². The molecule has 1 aromatic carbocycles. The molecule has 0 spiro atoms. The van der Waals surface area contributed by atoms with Crippen molar-refractivity contribution in [3.63, 3.8) is 0 Å². The molecule has 2 heterocycles. The van der Waals surface area contributed by atoms with E-state index in [1.165, 1.54) is 32.2 Å². The zero-order valence-electron chi connectivity index (χ0n) is 29.0. The Labute approximate surface area is 310 Å². The number of nitrogens with zero attached hydrogens (tertiary/aromatic N) is 5. The van der Waals surface area contributed by atoms with Crippen LogP contribution in [0.3, 0.4) is 0 Å². The second kappa shape index (κ2) is 23.3. The summed E-state index contributed by atoms with van der Waals surface area (Å²) < 4.78 is 15.4. The maximum absolute atomic E-state index is 15.4. The Bertz CT molecular complexity index is 1100. The van der Waals surface area contributed by atoms with Crippen LogP contribution in [-0.4, -0.2) is 84.9 Å². The minimum atomic E-state index is -1.51. The quantitative estimate of drug-likeness (QED) is 0.251. The molecule has 1 aliphatic rings. The molecule has 0 bridgehead atoms. The first-order valence-electron chi connectivity index (χ1n) is 14.8. The van der Waals surface area contributed by atoms with E-state index in [0.29, 0.717) is 36.6 Å². The Hall–Kier alpha value is -1.02. The molecule has 0 radical (unpaired) electrons. The van der Waals surface area contributed by atoms with Gasteiger partial charge in [-0.3, -0.25) is 11.2 Å². The van der Waals surface area contributed by atoms with E-state index in [1.54, 1.807) is 6.92 Å². The van der Waals surface area contributed by atoms with Gasteiger partial charge in [-0.2, -0.15) is 40.9 Å². The van der Waals surface area contributed by atoms with Crippen molar-refractivity contribution >= 4 is 31.2 Å². The molecular weight excluding hydrogens is 601 g/mol. The fourth-order valence-electron chi connectivity index (χ4n) is 3.80. The second-order valence-electron chi connectivity index (χ2n) is 11.7. The molecule has 3 atom stereocenters. The van der Waals surface area contributed by atoms with Gasteiger partial charge in [0.15, 0.2) is 0 Å². The van der Waals surface area contributed by atoms with Gasteiger partial charge < -0.3 is 26.8 Å². The largest absolute Gasteiger partial charge is 1.00 e. The van der Waals surface area contributed by atoms with Crippen LogP contribution in [0.2, 0.25) is 0 Å². The van der Waals surface area contributed by atoms with Gasteiger partial charge in [0.25, 0.3) is 0 Å². The summed E-state index contributed by atoms with van der Waals surface area (Å²) in [7, 11) is 2.50. The Morgan fingerprint density at radius 2 is 1.89 bits per heavy atom. The molecule has 8 nitrogen and oxygen atoms in total. The van der Waals surface area contributed by atoms with Gasteiger partial charge >= 0.3 is 51.4 Å². The topological polar surface area (TPSA) is 105 Å². The van der Waals surface area contributed by atoms with Crippen LogP contribution < -0.4 is 61.6 Å². The van der Waals surface area contributed by atoms with E-state index in [2.05, 4.69) is 53.1 Å². The standard InChI is InChI=1S/C23H30FN6.C4H11OP.C4H10.C2H3O.K/c1-16-6-8-20(9-7-16)27-21-18(12-25)13-26-22(28-21)30-14-17(2)23(3,24)19(15-30)10-11-29(4)5;1-4-6(2,3)5;1-3-4-2;1-2-3;/h6,8-9,13,17,19H,10-11,14-15H2,1-5H3,(H,26,27,28);5H,1,4H2,2-3H3;3-4H2,1-2H3;1H3;/q-1;;;-1;+1. The number of aromatic nitrogens is 2. The fraction of sp³-hybridized carbons (Fsp3) is 0.606. The number of nitrogens with one attached hydrogen (secondary N) is 1. The number of halogens is 1. The first kappa shape index (κ1) is 45.1. The molecule has 0 saturated carbocycles. The minimum absolute atomic E-state index is 0. The molecule has 1 saturated heterocycles. The fourth-order valence-corrected chi connectivity index (χ4v) is 3.80. The van der Waals surface area contributed by atoms with Crippen LogP contribution in [-0.2, 0) is 4.79 Å². The molecule has 0 amide bonds. The number of piperidine rings is 1. The third-order valence-corrected chi connectivity index (χ3v) is 8.17. The maximum atomic E-state index is 15.4. The Morgan fingerprint density at radius 1 is 1.32 bits per heavy atom. The summed E-state index contributed by atoms with van der Waals surface area (Å²) in [4.78, 5) is 30.7. The number of rotatable bonds is 8. The maximum Gasteiger partial charge on any atom is 1.00 e. The summed E-state index contributed by atoms with van der Waals surface area (Å²) in [5.41, 5.74) is 0.959. The number of hydrogen-bond acceptors (Lipinski definition) is 8. The third kappa shape index (κ3) is 17.6. The van der Waals surface area contributed by atoms with E-state index in [9.17, 15) is 5.26 Å². The molecule has 242 valence electrons. The van der Waals surface area contributed by atoms with Crippen LogP contribution in [0.1, 0.15) is 65.0 Å². The average molecular weight is 656 g/mol. The summed E-state index contributed by atoms with van der Waals surface area (Å²) in [5, 5.41) is 12.7. The van der Waals surface area contributed by atoms with Gasteiger partial charge in [0.1, 0.15) is 30.6 Å². The Balaban J connectivity index is 0. The van der Waals surface area contributed by atoms with E-state index >= 15 is 4.39 Å². The van der Waals surface area contributed by atoms with Crippen molar-refractivity contribution in [1.29, 1.82) is 5.26 Å². The molecule has 1 aliphatic heterocycles. The predicted octanol–water partition coefficient (Wildman–Crippen LogP) is 3.88. The number of anilines is 3. The van der Waals surface area contributed by atoms with Crippen LogP contribution in [0.25, 0.3) is 0 Å². The number of benzene rings is 1. The molecule has 2 N–H and O–H groups in total. The van der Waals surface area contributed by atoms with Crippen LogP contribution in [0, 0.1) is 43.1 Å². The van der Waals surface area contributed by atoms with E-state index in [0.717, 1.165) is 24.2 Å². The minimum Gasteiger partial charge on any atom is -0.542 e. The van der Waals surface area contributed by atoms with Crippen molar-refractivity contribution < 1.29 is 65.5 Å². The summed E-state index contributed by atoms with van der Waals surface area (Å²) >= 11 is 0. The first-order valence-corrected chi connectivity index (χ1v) is 17.7. The second-order valence-corrected chi connectivity index (χ2v) is 15.4. The number of nitriles is 1. The summed E-state index contributed by atoms with van der Waals surface area (Å²) in [6.45, 7) is 20.5. The van der Waals surface area contributed by atoms with Crippen molar-refractivity contribution in [2.45, 2.75) is 66.5 Å². The van der Waals surface area contributed by atoms with Crippen molar-refractivity contribution in [3.05, 3.63) is 48.5 Å². The van der Waals surface area contributed by atoms with Gasteiger partial charge in [0.2, 0.25) is 5.95 Å². The number of carbonyl (C=O) groups excluding carboxylic acids is 1. The van der Waals surface area contributed by atoms with Crippen molar-refractivity contribution in [2.75, 3.05) is 63.4 Å². The Morgan fingerprint density at radius 3 is 2.32 bits per heavy atom. The molecule has 2 aromatic rings. The number of hydrogen-bond donors (Lipinski definition) is 2. The number of alkyl halides is 1.